The van der Waals surface area contributed by atoms with Crippen molar-refractivity contribution < 1.29 is 9.90 Å². The van der Waals surface area contributed by atoms with Gasteiger partial charge in [0.05, 0.1) is 0 Å². The third-order valence-electron chi connectivity index (χ3n) is 3.17. The van der Waals surface area contributed by atoms with Gasteiger partial charge >= 0.3 is 5.97 Å². The number of hydrogen-bond acceptors (Lipinski definition) is 2. The van der Waals surface area contributed by atoms with Crippen molar-refractivity contribution in [3.63, 3.8) is 0 Å². The molecule has 3 heteroatoms. The fourth-order valence-electron chi connectivity index (χ4n) is 2.19. The maximum atomic E-state index is 10.6. The third-order valence-corrected chi connectivity index (χ3v) is 3.17. The van der Waals surface area contributed by atoms with E-state index in [1.54, 1.807) is 0 Å². The number of aryl methyl sites for hydroxylation is 1. The summed E-state index contributed by atoms with van der Waals surface area (Å²) in [4.78, 5) is 12.8. The van der Waals surface area contributed by atoms with E-state index in [0.717, 1.165) is 19.5 Å². The molecule has 0 fully saturated rings. The normalized spacial score (nSPS) is 12.7. The monoisotopic (exact) mass is 249 g/mol. The first kappa shape index (κ1) is 14.7. The molecule has 0 aromatic heterocycles. The molecule has 0 aliphatic rings. The first-order valence-electron chi connectivity index (χ1n) is 6.44. The summed E-state index contributed by atoms with van der Waals surface area (Å²) in [5.74, 6) is -0.515. The van der Waals surface area contributed by atoms with E-state index in [4.69, 9.17) is 5.11 Å². The molecule has 100 valence electrons. The summed E-state index contributed by atoms with van der Waals surface area (Å²) in [5, 5.41) is 8.72. The molecule has 18 heavy (non-hydrogen) atoms. The van der Waals surface area contributed by atoms with Crippen molar-refractivity contribution in [3.8, 4) is 0 Å². The second-order valence-corrected chi connectivity index (χ2v) is 5.14. The Bertz CT molecular complexity index is 390. The van der Waals surface area contributed by atoms with Crippen LogP contribution in [0.1, 0.15) is 24.5 Å². The van der Waals surface area contributed by atoms with Gasteiger partial charge in [-0.05, 0) is 37.4 Å². The van der Waals surface area contributed by atoms with E-state index in [2.05, 4.69) is 43.1 Å². The smallest absolute Gasteiger partial charge is 0.303 e. The Balaban J connectivity index is 2.35. The predicted octanol–water partition coefficient (Wildman–Crippen LogP) is 2.58. The van der Waals surface area contributed by atoms with Crippen LogP contribution in [0.25, 0.3) is 0 Å². The lowest BCUT2D eigenvalue weighted by Gasteiger charge is -2.20. The minimum absolute atomic E-state index is 0.198. The molecule has 0 aliphatic heterocycles. The number of hydrogen-bond donors (Lipinski definition) is 1. The molecular weight excluding hydrogens is 226 g/mol. The van der Waals surface area contributed by atoms with Crippen LogP contribution < -0.4 is 0 Å². The molecule has 1 N–H and O–H groups in total. The van der Waals surface area contributed by atoms with Gasteiger partial charge in [0.2, 0.25) is 0 Å². The van der Waals surface area contributed by atoms with E-state index in [1.807, 2.05) is 6.92 Å². The van der Waals surface area contributed by atoms with Crippen LogP contribution in [0, 0.1) is 12.8 Å². The first-order valence-corrected chi connectivity index (χ1v) is 6.44. The zero-order chi connectivity index (χ0) is 13.5. The Kier molecular flexibility index (Phi) is 5.86. The van der Waals surface area contributed by atoms with Gasteiger partial charge in [-0.15, -0.1) is 0 Å². The van der Waals surface area contributed by atoms with Crippen LogP contribution in [0.4, 0.5) is 0 Å². The molecule has 0 saturated carbocycles. The topological polar surface area (TPSA) is 40.5 Å². The van der Waals surface area contributed by atoms with Gasteiger partial charge in [0, 0.05) is 19.5 Å². The molecule has 1 aromatic carbocycles. The van der Waals surface area contributed by atoms with E-state index in [9.17, 15) is 4.79 Å². The van der Waals surface area contributed by atoms with Crippen molar-refractivity contribution in [2.75, 3.05) is 20.1 Å². The molecular formula is C15H23NO2. The molecule has 0 amide bonds. The Labute approximate surface area is 109 Å². The highest BCUT2D eigenvalue weighted by molar-refractivity contribution is 5.66. The standard InChI is InChI=1S/C15H23NO2/c1-12(10-15(17)18)11-16(3)9-8-14-7-5-4-6-13(14)2/h4-7,12H,8-11H2,1-3H3,(H,17,18). The van der Waals surface area contributed by atoms with Crippen molar-refractivity contribution in [2.45, 2.75) is 26.7 Å². The third kappa shape index (κ3) is 5.32. The second-order valence-electron chi connectivity index (χ2n) is 5.14. The van der Waals surface area contributed by atoms with Gasteiger partial charge in [0.1, 0.15) is 0 Å². The van der Waals surface area contributed by atoms with E-state index in [0.29, 0.717) is 0 Å². The molecule has 3 nitrogen and oxygen atoms in total. The molecule has 0 bridgehead atoms. The van der Waals surface area contributed by atoms with Gasteiger partial charge in [-0.1, -0.05) is 31.2 Å². The number of benzene rings is 1. The lowest BCUT2D eigenvalue weighted by molar-refractivity contribution is -0.138. The maximum absolute atomic E-state index is 10.6. The minimum atomic E-state index is -0.713. The average molecular weight is 249 g/mol. The summed E-state index contributed by atoms with van der Waals surface area (Å²) < 4.78 is 0. The van der Waals surface area contributed by atoms with Gasteiger partial charge in [0.15, 0.2) is 0 Å². The molecule has 1 aromatic rings. The lowest BCUT2D eigenvalue weighted by Crippen LogP contribution is -2.27. The van der Waals surface area contributed by atoms with Crippen LogP contribution in [0.3, 0.4) is 0 Å². The fourth-order valence-corrected chi connectivity index (χ4v) is 2.19. The number of carboxylic acids is 1. The van der Waals surface area contributed by atoms with E-state index >= 15 is 0 Å². The highest BCUT2D eigenvalue weighted by Crippen LogP contribution is 2.09. The lowest BCUT2D eigenvalue weighted by atomic mass is 10.0. The van der Waals surface area contributed by atoms with Crippen molar-refractivity contribution in [1.29, 1.82) is 0 Å². The van der Waals surface area contributed by atoms with Crippen molar-refractivity contribution in [3.05, 3.63) is 35.4 Å². The Morgan fingerprint density at radius 1 is 1.39 bits per heavy atom. The number of carbonyl (C=O) groups is 1. The number of rotatable bonds is 7. The highest BCUT2D eigenvalue weighted by atomic mass is 16.4. The minimum Gasteiger partial charge on any atom is -0.481 e. The largest absolute Gasteiger partial charge is 0.481 e. The van der Waals surface area contributed by atoms with Crippen LogP contribution in [0.2, 0.25) is 0 Å². The van der Waals surface area contributed by atoms with Crippen LogP contribution in [0.5, 0.6) is 0 Å². The zero-order valence-electron chi connectivity index (χ0n) is 11.5. The number of carboxylic acid groups (broad SMARTS) is 1. The highest BCUT2D eigenvalue weighted by Gasteiger charge is 2.10. The molecule has 1 atom stereocenters. The average Bonchev–Trinajstić information content (AvgIpc) is 2.26. The predicted molar refractivity (Wildman–Crippen MR) is 73.8 cm³/mol. The van der Waals surface area contributed by atoms with E-state index < -0.39 is 5.97 Å². The molecule has 1 rings (SSSR count). The molecule has 1 unspecified atom stereocenters. The van der Waals surface area contributed by atoms with Gasteiger partial charge < -0.3 is 10.0 Å². The Morgan fingerprint density at radius 2 is 2.06 bits per heavy atom. The molecule has 0 aliphatic carbocycles. The van der Waals surface area contributed by atoms with E-state index in [-0.39, 0.29) is 12.3 Å². The van der Waals surface area contributed by atoms with Crippen LogP contribution in [-0.2, 0) is 11.2 Å². The van der Waals surface area contributed by atoms with Crippen LogP contribution in [-0.4, -0.2) is 36.1 Å². The summed E-state index contributed by atoms with van der Waals surface area (Å²) in [7, 11) is 2.05. The molecule has 0 heterocycles. The second kappa shape index (κ2) is 7.17. The van der Waals surface area contributed by atoms with Gasteiger partial charge in [-0.25, -0.2) is 0 Å². The van der Waals surface area contributed by atoms with Crippen molar-refractivity contribution in [2.24, 2.45) is 5.92 Å². The fraction of sp³-hybridized carbons (Fsp3) is 0.533. The van der Waals surface area contributed by atoms with Crippen molar-refractivity contribution in [1.82, 2.24) is 4.90 Å². The Hall–Kier alpha value is -1.35. The van der Waals surface area contributed by atoms with Crippen molar-refractivity contribution >= 4 is 5.97 Å². The summed E-state index contributed by atoms with van der Waals surface area (Å²) in [6.07, 6.45) is 1.26. The summed E-state index contributed by atoms with van der Waals surface area (Å²) in [6.45, 7) is 5.91. The SMILES string of the molecule is Cc1ccccc1CCN(C)CC(C)CC(=O)O. The summed E-state index contributed by atoms with van der Waals surface area (Å²) in [5.41, 5.74) is 2.69. The number of nitrogens with zero attached hydrogens (tertiary/aromatic N) is 1. The van der Waals surface area contributed by atoms with Crippen LogP contribution >= 0.6 is 0 Å². The summed E-state index contributed by atoms with van der Waals surface area (Å²) in [6, 6.07) is 8.40. The quantitative estimate of drug-likeness (QED) is 0.807. The molecule has 0 spiro atoms. The van der Waals surface area contributed by atoms with Gasteiger partial charge in [-0.2, -0.15) is 0 Å². The van der Waals surface area contributed by atoms with Gasteiger partial charge in [0.25, 0.3) is 0 Å². The molecule has 0 radical (unpaired) electrons. The first-order chi connectivity index (χ1) is 8.49. The van der Waals surface area contributed by atoms with Crippen LogP contribution in [0.15, 0.2) is 24.3 Å². The Morgan fingerprint density at radius 3 is 2.67 bits per heavy atom. The number of likely N-dealkylation sites (N-methyl/N-ethyl adjacent to an activating group) is 1. The van der Waals surface area contributed by atoms with E-state index in [1.165, 1.54) is 11.1 Å². The van der Waals surface area contributed by atoms with Gasteiger partial charge in [-0.3, -0.25) is 4.79 Å². The zero-order valence-corrected chi connectivity index (χ0v) is 11.5. The molecule has 0 saturated heterocycles. The summed E-state index contributed by atoms with van der Waals surface area (Å²) >= 11 is 0. The maximum Gasteiger partial charge on any atom is 0.303 e. The number of aliphatic carboxylic acids is 1.